The molecule has 1 aliphatic rings. The molecule has 0 unspecified atom stereocenters. The van der Waals surface area contributed by atoms with Gasteiger partial charge in [-0.2, -0.15) is 4.98 Å². The fourth-order valence-corrected chi connectivity index (χ4v) is 2.29. The second-order valence-corrected chi connectivity index (χ2v) is 4.33. The predicted octanol–water partition coefficient (Wildman–Crippen LogP) is 0.436. The molecule has 2 atom stereocenters. The van der Waals surface area contributed by atoms with E-state index in [-0.39, 0.29) is 12.4 Å². The van der Waals surface area contributed by atoms with Crippen molar-refractivity contribution in [3.05, 3.63) is 58.1 Å². The average Bonchev–Trinajstić information content (AvgIpc) is 2.78. The minimum Gasteiger partial charge on any atom is -0.393 e. The summed E-state index contributed by atoms with van der Waals surface area (Å²) in [4.78, 5) is 15.5. The largest absolute Gasteiger partial charge is 0.393 e. The Labute approximate surface area is 109 Å². The van der Waals surface area contributed by atoms with Gasteiger partial charge in [-0.15, -0.1) is 0 Å². The van der Waals surface area contributed by atoms with Crippen molar-refractivity contribution < 1.29 is 9.84 Å². The van der Waals surface area contributed by atoms with E-state index in [0.29, 0.717) is 0 Å². The third-order valence-corrected chi connectivity index (χ3v) is 3.17. The van der Waals surface area contributed by atoms with E-state index in [0.717, 1.165) is 11.1 Å². The molecule has 1 aliphatic heterocycles. The summed E-state index contributed by atoms with van der Waals surface area (Å²) in [5, 5.41) is 9.34. The fraction of sp³-hybridized carbons (Fsp3) is 0.231. The maximum absolute atomic E-state index is 11.9. The topological polar surface area (TPSA) is 90.4 Å². The molecule has 0 saturated carbocycles. The Morgan fingerprint density at radius 3 is 2.74 bits per heavy atom. The highest BCUT2D eigenvalue weighted by Gasteiger charge is 2.32. The number of nitrogens with two attached hydrogens (primary N) is 1. The van der Waals surface area contributed by atoms with Crippen LogP contribution in [0.2, 0.25) is 0 Å². The zero-order chi connectivity index (χ0) is 13.4. The minimum atomic E-state index is -0.575. The molecule has 0 bridgehead atoms. The Morgan fingerprint density at radius 1 is 1.32 bits per heavy atom. The fourth-order valence-electron chi connectivity index (χ4n) is 2.29. The zero-order valence-electron chi connectivity index (χ0n) is 10.1. The highest BCUT2D eigenvalue weighted by molar-refractivity contribution is 5.35. The molecule has 2 heterocycles. The summed E-state index contributed by atoms with van der Waals surface area (Å²) < 4.78 is 7.09. The second kappa shape index (κ2) is 4.49. The van der Waals surface area contributed by atoms with Gasteiger partial charge in [0.25, 0.3) is 0 Å². The van der Waals surface area contributed by atoms with Crippen LogP contribution in [0.5, 0.6) is 0 Å². The first-order chi connectivity index (χ1) is 9.20. The quantitative estimate of drug-likeness (QED) is 0.816. The van der Waals surface area contributed by atoms with Crippen LogP contribution in [0.3, 0.4) is 0 Å². The van der Waals surface area contributed by atoms with Gasteiger partial charge in [-0.25, -0.2) is 4.79 Å². The first-order valence-corrected chi connectivity index (χ1v) is 5.90. The first-order valence-electron chi connectivity index (χ1n) is 5.90. The number of benzene rings is 1. The Kier molecular flexibility index (Phi) is 2.81. The van der Waals surface area contributed by atoms with Gasteiger partial charge in [-0.05, 0) is 11.6 Å². The van der Waals surface area contributed by atoms with Gasteiger partial charge in [0.05, 0.1) is 6.61 Å². The SMILES string of the molecule is Nc1ccn([C@@H]2O[C@H](CO)c3ccccc32)c(=O)n1. The molecule has 3 N–H and O–H groups in total. The average molecular weight is 259 g/mol. The van der Waals surface area contributed by atoms with Crippen molar-refractivity contribution in [1.29, 1.82) is 0 Å². The predicted molar refractivity (Wildman–Crippen MR) is 68.4 cm³/mol. The monoisotopic (exact) mass is 259 g/mol. The van der Waals surface area contributed by atoms with E-state index in [1.807, 2.05) is 24.3 Å². The van der Waals surface area contributed by atoms with Gasteiger partial charge < -0.3 is 15.6 Å². The standard InChI is InChI=1S/C13H13N3O3/c14-11-5-6-16(13(18)15-11)12-9-4-2-1-3-8(9)10(7-17)19-12/h1-6,10,12,17H,7H2,(H2,14,15,18)/t10-,12-/m1/s1. The van der Waals surface area contributed by atoms with Crippen LogP contribution in [-0.2, 0) is 4.74 Å². The lowest BCUT2D eigenvalue weighted by Crippen LogP contribution is -2.27. The van der Waals surface area contributed by atoms with E-state index in [2.05, 4.69) is 4.98 Å². The number of ether oxygens (including phenoxy) is 1. The van der Waals surface area contributed by atoms with Crippen LogP contribution in [0.4, 0.5) is 5.82 Å². The molecule has 0 amide bonds. The zero-order valence-corrected chi connectivity index (χ0v) is 10.1. The number of hydrogen-bond acceptors (Lipinski definition) is 5. The maximum Gasteiger partial charge on any atom is 0.351 e. The summed E-state index contributed by atoms with van der Waals surface area (Å²) >= 11 is 0. The van der Waals surface area contributed by atoms with Crippen molar-refractivity contribution in [2.45, 2.75) is 12.3 Å². The van der Waals surface area contributed by atoms with Crippen LogP contribution in [0.25, 0.3) is 0 Å². The van der Waals surface area contributed by atoms with Crippen molar-refractivity contribution in [1.82, 2.24) is 9.55 Å². The maximum atomic E-state index is 11.9. The molecular formula is C13H13N3O3. The van der Waals surface area contributed by atoms with E-state index in [4.69, 9.17) is 10.5 Å². The number of nitrogens with zero attached hydrogens (tertiary/aromatic N) is 2. The molecule has 0 saturated heterocycles. The van der Waals surface area contributed by atoms with E-state index >= 15 is 0 Å². The minimum absolute atomic E-state index is 0.134. The lowest BCUT2D eigenvalue weighted by Gasteiger charge is -2.15. The van der Waals surface area contributed by atoms with E-state index in [1.165, 1.54) is 4.57 Å². The van der Waals surface area contributed by atoms with Gasteiger partial charge in [0.2, 0.25) is 0 Å². The summed E-state index contributed by atoms with van der Waals surface area (Å²) in [5.41, 5.74) is 6.74. The van der Waals surface area contributed by atoms with Gasteiger partial charge >= 0.3 is 5.69 Å². The highest BCUT2D eigenvalue weighted by Crippen LogP contribution is 2.38. The van der Waals surface area contributed by atoms with Gasteiger partial charge in [-0.3, -0.25) is 4.57 Å². The number of anilines is 1. The smallest absolute Gasteiger partial charge is 0.351 e. The molecule has 0 fully saturated rings. The summed E-state index contributed by atoms with van der Waals surface area (Å²) in [7, 11) is 0. The van der Waals surface area contributed by atoms with Gasteiger partial charge in [0.15, 0.2) is 6.23 Å². The second-order valence-electron chi connectivity index (χ2n) is 4.33. The van der Waals surface area contributed by atoms with Crippen LogP contribution in [0, 0.1) is 0 Å². The lowest BCUT2D eigenvalue weighted by molar-refractivity contribution is -0.0340. The van der Waals surface area contributed by atoms with Crippen LogP contribution >= 0.6 is 0 Å². The van der Waals surface area contributed by atoms with Crippen LogP contribution < -0.4 is 11.4 Å². The Balaban J connectivity index is 2.10. The number of aliphatic hydroxyl groups is 1. The molecular weight excluding hydrogens is 246 g/mol. The number of aromatic nitrogens is 2. The van der Waals surface area contributed by atoms with Crippen LogP contribution in [-0.4, -0.2) is 21.3 Å². The van der Waals surface area contributed by atoms with Crippen molar-refractivity contribution >= 4 is 5.82 Å². The number of aliphatic hydroxyl groups excluding tert-OH is 1. The molecule has 3 rings (SSSR count). The number of rotatable bonds is 2. The Hall–Kier alpha value is -2.18. The van der Waals surface area contributed by atoms with Crippen LogP contribution in [0.1, 0.15) is 23.5 Å². The normalized spacial score (nSPS) is 21.3. The number of hydrogen-bond donors (Lipinski definition) is 2. The molecule has 1 aromatic heterocycles. The van der Waals surface area contributed by atoms with Gasteiger partial charge in [0.1, 0.15) is 11.9 Å². The van der Waals surface area contributed by atoms with Crippen LogP contribution in [0.15, 0.2) is 41.3 Å². The van der Waals surface area contributed by atoms with Gasteiger partial charge in [0, 0.05) is 11.8 Å². The molecule has 2 aromatic rings. The summed E-state index contributed by atoms with van der Waals surface area (Å²) in [6, 6.07) is 9.03. The molecule has 6 heteroatoms. The highest BCUT2D eigenvalue weighted by atomic mass is 16.5. The molecule has 0 aliphatic carbocycles. The number of fused-ring (bicyclic) bond motifs is 1. The van der Waals surface area contributed by atoms with E-state index < -0.39 is 18.0 Å². The summed E-state index contributed by atoms with van der Waals surface area (Å²) in [5.74, 6) is 0.172. The number of nitrogen functional groups attached to an aromatic ring is 1. The summed E-state index contributed by atoms with van der Waals surface area (Å²) in [6.45, 7) is -0.134. The first kappa shape index (κ1) is 11.9. The molecule has 6 nitrogen and oxygen atoms in total. The van der Waals surface area contributed by atoms with Crippen molar-refractivity contribution in [3.8, 4) is 0 Å². The Morgan fingerprint density at radius 2 is 2.05 bits per heavy atom. The van der Waals surface area contributed by atoms with Crippen molar-refractivity contribution in [3.63, 3.8) is 0 Å². The Bertz CT molecular complexity index is 668. The molecule has 0 spiro atoms. The van der Waals surface area contributed by atoms with Crippen molar-refractivity contribution in [2.24, 2.45) is 0 Å². The third-order valence-electron chi connectivity index (χ3n) is 3.17. The van der Waals surface area contributed by atoms with E-state index in [1.54, 1.807) is 12.3 Å². The molecule has 98 valence electrons. The molecule has 19 heavy (non-hydrogen) atoms. The molecule has 0 radical (unpaired) electrons. The van der Waals surface area contributed by atoms with Gasteiger partial charge in [-0.1, -0.05) is 24.3 Å². The summed E-state index contributed by atoms with van der Waals surface area (Å²) in [6.07, 6.45) is 0.547. The van der Waals surface area contributed by atoms with E-state index in [9.17, 15) is 9.90 Å². The van der Waals surface area contributed by atoms with Crippen molar-refractivity contribution in [2.75, 3.05) is 12.3 Å². The third kappa shape index (κ3) is 1.91. The molecule has 1 aromatic carbocycles. The lowest BCUT2D eigenvalue weighted by atomic mass is 10.0.